The number of halogens is 1. The molecule has 4 rings (SSSR count). The van der Waals surface area contributed by atoms with Crippen molar-refractivity contribution in [2.75, 3.05) is 11.9 Å². The monoisotopic (exact) mass is 403 g/mol. The van der Waals surface area contributed by atoms with Gasteiger partial charge in [0.1, 0.15) is 11.8 Å². The van der Waals surface area contributed by atoms with Crippen LogP contribution in [0.15, 0.2) is 24.4 Å². The van der Waals surface area contributed by atoms with Crippen LogP contribution in [-0.2, 0) is 18.4 Å². The van der Waals surface area contributed by atoms with E-state index in [0.717, 1.165) is 17.5 Å². The van der Waals surface area contributed by atoms with Gasteiger partial charge in [0.15, 0.2) is 5.13 Å². The molecular formula is C19H22FN5O2S. The molecular weight excluding hydrogens is 381 g/mol. The third-order valence-corrected chi connectivity index (χ3v) is 5.85. The van der Waals surface area contributed by atoms with Gasteiger partial charge in [-0.2, -0.15) is 14.4 Å². The number of ether oxygens (including phenoxy) is 1. The molecule has 1 amide bonds. The molecule has 1 fully saturated rings. The average molecular weight is 403 g/mol. The highest BCUT2D eigenvalue weighted by molar-refractivity contribution is 7.15. The molecule has 3 aromatic heterocycles. The molecule has 4 heterocycles. The van der Waals surface area contributed by atoms with Gasteiger partial charge in [-0.15, -0.1) is 0 Å². The summed E-state index contributed by atoms with van der Waals surface area (Å²) in [6, 6.07) is 6.15. The number of nitrogens with zero attached hydrogens (tertiary/aromatic N) is 4. The fourth-order valence-electron chi connectivity index (χ4n) is 3.52. The Morgan fingerprint density at radius 1 is 1.39 bits per heavy atom. The van der Waals surface area contributed by atoms with Crippen LogP contribution in [0.25, 0.3) is 11.0 Å². The number of aromatic nitrogens is 3. The highest BCUT2D eigenvalue weighted by Gasteiger charge is 2.32. The molecule has 9 heteroatoms. The Hall–Kier alpha value is -2.52. The molecule has 0 aromatic carbocycles. The molecule has 0 saturated carbocycles. The number of hydrogen-bond donors (Lipinski definition) is 1. The van der Waals surface area contributed by atoms with Gasteiger partial charge in [-0.05, 0) is 19.1 Å². The summed E-state index contributed by atoms with van der Waals surface area (Å²) in [5, 5.41) is 3.90. The van der Waals surface area contributed by atoms with E-state index in [1.165, 1.54) is 18.3 Å². The normalized spacial score (nSPS) is 20.0. The van der Waals surface area contributed by atoms with E-state index in [-0.39, 0.29) is 18.1 Å². The Kier molecular flexibility index (Phi) is 5.03. The molecule has 0 radical (unpaired) electrons. The van der Waals surface area contributed by atoms with Crippen LogP contribution < -0.4 is 10.1 Å². The number of fused-ring (bicyclic) bond motifs is 1. The SMILES string of the molecule is CC(=O)Nc1nc(F)c(CN2CC(Oc3ccc4ccn(C)c4n3)C[C@@H]2C)s1. The largest absolute Gasteiger partial charge is 0.473 e. The number of nitrogens with one attached hydrogen (secondary N) is 1. The average Bonchev–Trinajstić information content (AvgIpc) is 3.27. The summed E-state index contributed by atoms with van der Waals surface area (Å²) in [6.45, 7) is 4.60. The topological polar surface area (TPSA) is 72.3 Å². The smallest absolute Gasteiger partial charge is 0.230 e. The van der Waals surface area contributed by atoms with Crippen LogP contribution in [0.4, 0.5) is 9.52 Å². The lowest BCUT2D eigenvalue weighted by molar-refractivity contribution is -0.114. The second-order valence-corrected chi connectivity index (χ2v) is 8.24. The molecule has 0 spiro atoms. The fraction of sp³-hybridized carbons (Fsp3) is 0.421. The van der Waals surface area contributed by atoms with Gasteiger partial charge in [0.05, 0.1) is 4.88 Å². The lowest BCUT2D eigenvalue weighted by Crippen LogP contribution is -2.28. The Morgan fingerprint density at radius 3 is 3.00 bits per heavy atom. The molecule has 1 unspecified atom stereocenters. The molecule has 1 aliphatic rings. The number of carbonyl (C=O) groups excluding carboxylic acids is 1. The van der Waals surface area contributed by atoms with Crippen molar-refractivity contribution in [1.82, 2.24) is 19.4 Å². The molecule has 3 aromatic rings. The lowest BCUT2D eigenvalue weighted by Gasteiger charge is -2.19. The number of hydrogen-bond acceptors (Lipinski definition) is 6. The maximum Gasteiger partial charge on any atom is 0.230 e. The first-order valence-corrected chi connectivity index (χ1v) is 9.96. The van der Waals surface area contributed by atoms with Gasteiger partial charge >= 0.3 is 0 Å². The number of likely N-dealkylation sites (tertiary alicyclic amines) is 1. The van der Waals surface area contributed by atoms with Crippen molar-refractivity contribution in [2.24, 2.45) is 7.05 Å². The number of thiazole rings is 1. The molecule has 0 aliphatic carbocycles. The number of rotatable bonds is 5. The standard InChI is InChI=1S/C19H22FN5O2S/c1-11-8-14(27-16-5-4-13-6-7-24(3)18(13)22-16)9-25(11)10-15-17(20)23-19(28-15)21-12(2)26/h4-7,11,14H,8-10H2,1-3H3,(H,21,23,26)/t11-,14?/m0/s1. The van der Waals surface area contributed by atoms with E-state index in [9.17, 15) is 9.18 Å². The lowest BCUT2D eigenvalue weighted by atomic mass is 10.2. The number of anilines is 1. The van der Waals surface area contributed by atoms with Crippen molar-refractivity contribution in [3.8, 4) is 5.88 Å². The van der Waals surface area contributed by atoms with Crippen LogP contribution >= 0.6 is 11.3 Å². The van der Waals surface area contributed by atoms with Gasteiger partial charge in [-0.25, -0.2) is 0 Å². The van der Waals surface area contributed by atoms with Gasteiger partial charge in [-0.3, -0.25) is 9.69 Å². The van der Waals surface area contributed by atoms with Crippen molar-refractivity contribution in [1.29, 1.82) is 0 Å². The van der Waals surface area contributed by atoms with Crippen molar-refractivity contribution in [3.63, 3.8) is 0 Å². The first-order valence-electron chi connectivity index (χ1n) is 9.14. The van der Waals surface area contributed by atoms with Crippen molar-refractivity contribution in [2.45, 2.75) is 39.0 Å². The highest BCUT2D eigenvalue weighted by atomic mass is 32.1. The number of aryl methyl sites for hydroxylation is 1. The summed E-state index contributed by atoms with van der Waals surface area (Å²) in [5.41, 5.74) is 0.887. The minimum absolute atomic E-state index is 0.00832. The Morgan fingerprint density at radius 2 is 2.21 bits per heavy atom. The van der Waals surface area contributed by atoms with Gasteiger partial charge in [-0.1, -0.05) is 11.3 Å². The minimum atomic E-state index is -0.527. The molecule has 7 nitrogen and oxygen atoms in total. The predicted molar refractivity (Wildman–Crippen MR) is 106 cm³/mol. The third kappa shape index (κ3) is 3.85. The first-order chi connectivity index (χ1) is 13.4. The molecule has 0 bridgehead atoms. The zero-order valence-corrected chi connectivity index (χ0v) is 16.8. The quantitative estimate of drug-likeness (QED) is 0.708. The third-order valence-electron chi connectivity index (χ3n) is 4.92. The van der Waals surface area contributed by atoms with E-state index in [2.05, 4.69) is 27.1 Å². The maximum absolute atomic E-state index is 14.1. The Balaban J connectivity index is 1.42. The molecule has 1 N–H and O–H groups in total. The second kappa shape index (κ2) is 7.48. The molecule has 148 valence electrons. The Labute approximate surface area is 166 Å². The van der Waals surface area contributed by atoms with E-state index in [1.807, 2.05) is 36.0 Å². The van der Waals surface area contributed by atoms with Crippen LogP contribution in [-0.4, -0.2) is 44.0 Å². The van der Waals surface area contributed by atoms with Gasteiger partial charge in [0.2, 0.25) is 17.7 Å². The summed E-state index contributed by atoms with van der Waals surface area (Å²) in [4.78, 5) is 22.2. The molecule has 1 saturated heterocycles. The van der Waals surface area contributed by atoms with E-state index >= 15 is 0 Å². The summed E-state index contributed by atoms with van der Waals surface area (Å²) in [7, 11) is 1.96. The molecule has 28 heavy (non-hydrogen) atoms. The highest BCUT2D eigenvalue weighted by Crippen LogP contribution is 2.29. The fourth-order valence-corrected chi connectivity index (χ4v) is 4.44. The van der Waals surface area contributed by atoms with Crippen molar-refractivity contribution >= 4 is 33.4 Å². The summed E-state index contributed by atoms with van der Waals surface area (Å²) < 4.78 is 22.2. The van der Waals surface area contributed by atoms with Crippen LogP contribution in [0.1, 0.15) is 25.1 Å². The van der Waals surface area contributed by atoms with Gasteiger partial charge in [0.25, 0.3) is 0 Å². The minimum Gasteiger partial charge on any atom is -0.473 e. The van der Waals surface area contributed by atoms with Crippen LogP contribution in [0, 0.1) is 5.95 Å². The predicted octanol–water partition coefficient (Wildman–Crippen LogP) is 3.17. The van der Waals surface area contributed by atoms with Crippen LogP contribution in [0.5, 0.6) is 5.88 Å². The van der Waals surface area contributed by atoms with Crippen LogP contribution in [0.2, 0.25) is 0 Å². The number of carbonyl (C=O) groups is 1. The number of pyridine rings is 1. The summed E-state index contributed by atoms with van der Waals surface area (Å²) in [6.07, 6.45) is 2.80. The van der Waals surface area contributed by atoms with Gasteiger partial charge in [0, 0.05) is 57.2 Å². The Bertz CT molecular complexity index is 1020. The van der Waals surface area contributed by atoms with Crippen molar-refractivity contribution in [3.05, 3.63) is 35.2 Å². The summed E-state index contributed by atoms with van der Waals surface area (Å²) in [5.74, 6) is -0.183. The first kappa shape index (κ1) is 18.8. The second-order valence-electron chi connectivity index (χ2n) is 7.16. The van der Waals surface area contributed by atoms with E-state index in [1.54, 1.807) is 0 Å². The molecule has 1 aliphatic heterocycles. The van der Waals surface area contributed by atoms with Crippen molar-refractivity contribution < 1.29 is 13.9 Å². The van der Waals surface area contributed by atoms with Crippen LogP contribution in [0.3, 0.4) is 0 Å². The zero-order valence-electron chi connectivity index (χ0n) is 16.0. The number of amides is 1. The van der Waals surface area contributed by atoms with E-state index in [4.69, 9.17) is 4.74 Å². The summed E-state index contributed by atoms with van der Waals surface area (Å²) >= 11 is 1.17. The van der Waals surface area contributed by atoms with E-state index < -0.39 is 5.95 Å². The van der Waals surface area contributed by atoms with Gasteiger partial charge < -0.3 is 14.6 Å². The maximum atomic E-state index is 14.1. The molecule has 2 atom stereocenters. The zero-order chi connectivity index (χ0) is 19.8. The van der Waals surface area contributed by atoms with E-state index in [0.29, 0.717) is 29.0 Å².